The summed E-state index contributed by atoms with van der Waals surface area (Å²) in [5.74, 6) is 0.308. The Kier molecular flexibility index (Phi) is 4.09. The summed E-state index contributed by atoms with van der Waals surface area (Å²) in [5.41, 5.74) is 3.21. The van der Waals surface area contributed by atoms with Gasteiger partial charge in [0.1, 0.15) is 0 Å². The molecule has 4 heteroatoms. The second-order valence-corrected chi connectivity index (χ2v) is 9.73. The number of hydrogen-bond acceptors (Lipinski definition) is 2. The summed E-state index contributed by atoms with van der Waals surface area (Å²) in [4.78, 5) is 24.8. The molecule has 1 amide bonds. The molecule has 29 heavy (non-hydrogen) atoms. The Labute approximate surface area is 171 Å². The number of benzene rings is 2. The van der Waals surface area contributed by atoms with Crippen LogP contribution in [0.1, 0.15) is 60.0 Å². The van der Waals surface area contributed by atoms with Gasteiger partial charge >= 0.3 is 5.97 Å². The number of aromatic carboxylic acids is 1. The lowest BCUT2D eigenvalue weighted by atomic mass is 9.42. The van der Waals surface area contributed by atoms with Gasteiger partial charge in [0.05, 0.1) is 11.0 Å². The van der Waals surface area contributed by atoms with Crippen molar-refractivity contribution in [3.05, 3.63) is 65.2 Å². The van der Waals surface area contributed by atoms with E-state index in [1.165, 1.54) is 30.4 Å². The average molecular weight is 389 g/mol. The fraction of sp³-hybridized carbons (Fsp3) is 0.440. The topological polar surface area (TPSA) is 66.4 Å². The van der Waals surface area contributed by atoms with Crippen LogP contribution in [0.15, 0.2) is 48.5 Å². The zero-order valence-electron chi connectivity index (χ0n) is 16.8. The molecule has 4 aliphatic carbocycles. The van der Waals surface area contributed by atoms with Crippen molar-refractivity contribution in [1.82, 2.24) is 0 Å². The van der Waals surface area contributed by atoms with E-state index < -0.39 is 5.97 Å². The number of carbonyl (C=O) groups excluding carboxylic acids is 1. The lowest BCUT2D eigenvalue weighted by molar-refractivity contribution is -0.143. The number of carbonyl (C=O) groups is 2. The number of carboxylic acid groups (broad SMARTS) is 1. The molecule has 0 heterocycles. The van der Waals surface area contributed by atoms with Gasteiger partial charge in [0, 0.05) is 5.69 Å². The quantitative estimate of drug-likeness (QED) is 0.758. The van der Waals surface area contributed by atoms with Gasteiger partial charge in [-0.15, -0.1) is 0 Å². The molecule has 4 saturated carbocycles. The summed E-state index contributed by atoms with van der Waals surface area (Å²) in [7, 11) is 0. The van der Waals surface area contributed by atoms with Crippen molar-refractivity contribution in [2.75, 3.05) is 5.32 Å². The minimum Gasteiger partial charge on any atom is -0.478 e. The third-order valence-electron chi connectivity index (χ3n) is 7.57. The maximum absolute atomic E-state index is 13.5. The Morgan fingerprint density at radius 1 is 1.00 bits per heavy atom. The molecule has 4 aliphatic rings. The Hall–Kier alpha value is -2.62. The number of nitrogens with one attached hydrogen (secondary N) is 1. The number of carboxylic acids is 1. The largest absolute Gasteiger partial charge is 0.478 e. The third-order valence-corrected chi connectivity index (χ3v) is 7.57. The van der Waals surface area contributed by atoms with Crippen molar-refractivity contribution in [1.29, 1.82) is 0 Å². The van der Waals surface area contributed by atoms with E-state index >= 15 is 0 Å². The van der Waals surface area contributed by atoms with E-state index in [9.17, 15) is 14.7 Å². The van der Waals surface area contributed by atoms with Gasteiger partial charge in [-0.2, -0.15) is 0 Å². The fourth-order valence-corrected chi connectivity index (χ4v) is 6.77. The molecule has 0 radical (unpaired) electrons. The second-order valence-electron chi connectivity index (χ2n) is 9.73. The standard InChI is InChI=1S/C25H27NO3/c1-16-5-7-20(8-6-16)24-11-17-9-18(12-24)14-25(13-17,15-24)23(29)26-21-4-2-3-19(10-21)22(27)28/h2-8,10,17-18H,9,11-15H2,1H3,(H,26,29)(H,27,28). The maximum atomic E-state index is 13.5. The van der Waals surface area contributed by atoms with Crippen LogP contribution in [0, 0.1) is 24.2 Å². The lowest BCUT2D eigenvalue weighted by Crippen LogP contribution is -2.57. The average Bonchev–Trinajstić information content (AvgIpc) is 2.67. The predicted molar refractivity (Wildman–Crippen MR) is 112 cm³/mol. The number of rotatable bonds is 4. The molecular weight excluding hydrogens is 362 g/mol. The molecule has 2 unspecified atom stereocenters. The molecule has 2 aromatic carbocycles. The zero-order chi connectivity index (χ0) is 20.2. The SMILES string of the molecule is Cc1ccc(C23CC4CC(CC(C(=O)Nc5cccc(C(=O)O)c5)(C4)C2)C3)cc1. The molecule has 4 fully saturated rings. The Morgan fingerprint density at radius 3 is 2.34 bits per heavy atom. The van der Waals surface area contributed by atoms with Gasteiger partial charge < -0.3 is 10.4 Å². The van der Waals surface area contributed by atoms with Crippen molar-refractivity contribution in [2.24, 2.45) is 17.3 Å². The first-order valence-corrected chi connectivity index (χ1v) is 10.6. The molecule has 4 nitrogen and oxygen atoms in total. The Balaban J connectivity index is 1.45. The summed E-state index contributed by atoms with van der Waals surface area (Å²) < 4.78 is 0. The molecule has 2 aromatic rings. The molecule has 6 rings (SSSR count). The van der Waals surface area contributed by atoms with E-state index in [4.69, 9.17) is 0 Å². The fourth-order valence-electron chi connectivity index (χ4n) is 6.77. The van der Waals surface area contributed by atoms with E-state index in [0.717, 1.165) is 19.3 Å². The zero-order valence-corrected chi connectivity index (χ0v) is 16.8. The lowest BCUT2D eigenvalue weighted by Gasteiger charge is -2.61. The highest BCUT2D eigenvalue weighted by molar-refractivity contribution is 5.97. The van der Waals surface area contributed by atoms with Crippen LogP contribution in [0.4, 0.5) is 5.69 Å². The molecule has 2 N–H and O–H groups in total. The van der Waals surface area contributed by atoms with Gasteiger partial charge in [0.2, 0.25) is 5.91 Å². The minimum absolute atomic E-state index is 0.0747. The van der Waals surface area contributed by atoms with Crippen LogP contribution in [-0.4, -0.2) is 17.0 Å². The van der Waals surface area contributed by atoms with Gasteiger partial charge in [-0.1, -0.05) is 35.9 Å². The molecule has 0 saturated heterocycles. The number of hydrogen-bond donors (Lipinski definition) is 2. The highest BCUT2D eigenvalue weighted by Crippen LogP contribution is 2.66. The van der Waals surface area contributed by atoms with E-state index in [-0.39, 0.29) is 22.3 Å². The number of anilines is 1. The highest BCUT2D eigenvalue weighted by Gasteiger charge is 2.60. The van der Waals surface area contributed by atoms with Gasteiger partial charge in [-0.05, 0) is 86.5 Å². The van der Waals surface area contributed by atoms with Crippen molar-refractivity contribution in [3.8, 4) is 0 Å². The van der Waals surface area contributed by atoms with Crippen molar-refractivity contribution in [3.63, 3.8) is 0 Å². The predicted octanol–water partition coefficient (Wildman–Crippen LogP) is 5.17. The molecule has 0 aliphatic heterocycles. The summed E-state index contributed by atoms with van der Waals surface area (Å²) in [5, 5.41) is 12.3. The molecule has 0 spiro atoms. The van der Waals surface area contributed by atoms with Crippen LogP contribution >= 0.6 is 0 Å². The van der Waals surface area contributed by atoms with Crippen LogP contribution in [0.2, 0.25) is 0 Å². The first-order chi connectivity index (χ1) is 13.9. The normalized spacial score (nSPS) is 32.2. The first-order valence-electron chi connectivity index (χ1n) is 10.6. The van der Waals surface area contributed by atoms with Crippen molar-refractivity contribution < 1.29 is 14.7 Å². The molecule has 2 atom stereocenters. The summed E-state index contributed by atoms with van der Waals surface area (Å²) in [6.45, 7) is 2.11. The maximum Gasteiger partial charge on any atom is 0.335 e. The van der Waals surface area contributed by atoms with Crippen LogP contribution < -0.4 is 5.32 Å². The molecule has 4 bridgehead atoms. The van der Waals surface area contributed by atoms with Gasteiger partial charge in [-0.3, -0.25) is 4.79 Å². The van der Waals surface area contributed by atoms with E-state index in [1.54, 1.807) is 24.3 Å². The van der Waals surface area contributed by atoms with Crippen LogP contribution in [0.25, 0.3) is 0 Å². The molecule has 0 aromatic heterocycles. The minimum atomic E-state index is -0.978. The van der Waals surface area contributed by atoms with Crippen molar-refractivity contribution in [2.45, 2.75) is 50.9 Å². The van der Waals surface area contributed by atoms with E-state index in [1.807, 2.05) is 0 Å². The Morgan fingerprint density at radius 2 is 1.69 bits per heavy atom. The number of amides is 1. The smallest absolute Gasteiger partial charge is 0.335 e. The van der Waals surface area contributed by atoms with Crippen LogP contribution in [0.5, 0.6) is 0 Å². The number of aryl methyl sites for hydroxylation is 1. The van der Waals surface area contributed by atoms with Crippen LogP contribution in [0.3, 0.4) is 0 Å². The summed E-state index contributed by atoms with van der Waals surface area (Å²) >= 11 is 0. The van der Waals surface area contributed by atoms with Gasteiger partial charge in [0.15, 0.2) is 0 Å². The van der Waals surface area contributed by atoms with Crippen molar-refractivity contribution >= 4 is 17.6 Å². The molecular formula is C25H27NO3. The summed E-state index contributed by atoms with van der Waals surface area (Å²) in [6, 6.07) is 15.5. The molecule has 150 valence electrons. The second kappa shape index (κ2) is 6.45. The van der Waals surface area contributed by atoms with E-state index in [0.29, 0.717) is 17.5 Å². The third kappa shape index (κ3) is 3.06. The van der Waals surface area contributed by atoms with E-state index in [2.05, 4.69) is 36.5 Å². The monoisotopic (exact) mass is 389 g/mol. The van der Waals surface area contributed by atoms with Gasteiger partial charge in [0.25, 0.3) is 0 Å². The Bertz CT molecular complexity index is 964. The highest BCUT2D eigenvalue weighted by atomic mass is 16.4. The summed E-state index contributed by atoms with van der Waals surface area (Å²) in [6.07, 6.45) is 6.45. The first kappa shape index (κ1) is 18.4. The van der Waals surface area contributed by atoms with Crippen LogP contribution in [-0.2, 0) is 10.2 Å². The van der Waals surface area contributed by atoms with Gasteiger partial charge in [-0.25, -0.2) is 4.79 Å².